The van der Waals surface area contributed by atoms with Gasteiger partial charge in [-0.05, 0) is 56.1 Å². The molecule has 2 rings (SSSR count). The maximum Gasteiger partial charge on any atom is 0.0955 e. The number of nitrogens with one attached hydrogen (secondary N) is 1. The Morgan fingerprint density at radius 2 is 2.21 bits per heavy atom. The standard InChI is InChI=1S/C15H24N4/c1-12(10-16)5-7-17-8-6-13-3-4-15-14(9-13)18-11-19(15)2/h3-4,9,11-12,17H,5-8,10,16H2,1-2H3. The number of nitrogens with zero attached hydrogens (tertiary/aromatic N) is 2. The molecule has 1 aromatic heterocycles. The van der Waals surface area contributed by atoms with Crippen LogP contribution in [0, 0.1) is 5.92 Å². The maximum atomic E-state index is 5.60. The van der Waals surface area contributed by atoms with Crippen LogP contribution in [-0.4, -0.2) is 29.2 Å². The summed E-state index contributed by atoms with van der Waals surface area (Å²) < 4.78 is 2.05. The zero-order valence-electron chi connectivity index (χ0n) is 11.9. The highest BCUT2D eigenvalue weighted by Crippen LogP contribution is 2.13. The Bertz CT molecular complexity index is 518. The van der Waals surface area contributed by atoms with Gasteiger partial charge in [0.1, 0.15) is 0 Å². The maximum absolute atomic E-state index is 5.60. The van der Waals surface area contributed by atoms with Gasteiger partial charge in [-0.25, -0.2) is 4.98 Å². The smallest absolute Gasteiger partial charge is 0.0955 e. The summed E-state index contributed by atoms with van der Waals surface area (Å²) >= 11 is 0. The molecule has 1 aromatic carbocycles. The second-order valence-electron chi connectivity index (χ2n) is 5.31. The fourth-order valence-corrected chi connectivity index (χ4v) is 2.16. The van der Waals surface area contributed by atoms with E-state index in [1.54, 1.807) is 0 Å². The van der Waals surface area contributed by atoms with Gasteiger partial charge in [-0.3, -0.25) is 0 Å². The first kappa shape index (κ1) is 14.0. The van der Waals surface area contributed by atoms with Crippen molar-refractivity contribution in [1.82, 2.24) is 14.9 Å². The highest BCUT2D eigenvalue weighted by molar-refractivity contribution is 5.75. The van der Waals surface area contributed by atoms with E-state index < -0.39 is 0 Å². The summed E-state index contributed by atoms with van der Waals surface area (Å²) in [7, 11) is 2.02. The van der Waals surface area contributed by atoms with Gasteiger partial charge in [-0.1, -0.05) is 13.0 Å². The van der Waals surface area contributed by atoms with Crippen LogP contribution < -0.4 is 11.1 Å². The second kappa shape index (κ2) is 6.68. The Morgan fingerprint density at radius 1 is 1.37 bits per heavy atom. The molecule has 2 aromatic rings. The van der Waals surface area contributed by atoms with Crippen molar-refractivity contribution in [2.75, 3.05) is 19.6 Å². The van der Waals surface area contributed by atoms with E-state index in [2.05, 4.69) is 35.4 Å². The molecule has 3 N–H and O–H groups in total. The number of hydrogen-bond donors (Lipinski definition) is 2. The van der Waals surface area contributed by atoms with E-state index in [4.69, 9.17) is 5.73 Å². The van der Waals surface area contributed by atoms with Crippen molar-refractivity contribution in [2.45, 2.75) is 19.8 Å². The van der Waals surface area contributed by atoms with Gasteiger partial charge in [0, 0.05) is 7.05 Å². The van der Waals surface area contributed by atoms with Crippen LogP contribution in [0.25, 0.3) is 11.0 Å². The first-order valence-corrected chi connectivity index (χ1v) is 7.01. The fraction of sp³-hybridized carbons (Fsp3) is 0.533. The second-order valence-corrected chi connectivity index (χ2v) is 5.31. The first-order chi connectivity index (χ1) is 9.20. The van der Waals surface area contributed by atoms with Gasteiger partial charge >= 0.3 is 0 Å². The van der Waals surface area contributed by atoms with E-state index in [-0.39, 0.29) is 0 Å². The third-order valence-corrected chi connectivity index (χ3v) is 3.60. The number of benzene rings is 1. The average molecular weight is 260 g/mol. The number of nitrogens with two attached hydrogens (primary N) is 1. The molecule has 4 nitrogen and oxygen atoms in total. The third kappa shape index (κ3) is 3.78. The summed E-state index contributed by atoms with van der Waals surface area (Å²) in [6, 6.07) is 6.52. The largest absolute Gasteiger partial charge is 0.334 e. The molecule has 19 heavy (non-hydrogen) atoms. The van der Waals surface area contributed by atoms with Crippen LogP contribution in [0.15, 0.2) is 24.5 Å². The number of imidazole rings is 1. The van der Waals surface area contributed by atoms with Crippen molar-refractivity contribution in [1.29, 1.82) is 0 Å². The quantitative estimate of drug-likeness (QED) is 0.745. The molecule has 0 radical (unpaired) electrons. The van der Waals surface area contributed by atoms with Crippen LogP contribution in [0.3, 0.4) is 0 Å². The van der Waals surface area contributed by atoms with Crippen LogP contribution in [-0.2, 0) is 13.5 Å². The van der Waals surface area contributed by atoms with Crippen LogP contribution >= 0.6 is 0 Å². The molecule has 1 heterocycles. The minimum absolute atomic E-state index is 0.609. The van der Waals surface area contributed by atoms with Gasteiger partial charge in [0.05, 0.1) is 17.4 Å². The molecule has 0 fully saturated rings. The summed E-state index contributed by atoms with van der Waals surface area (Å²) in [6.45, 7) is 5.02. The van der Waals surface area contributed by atoms with Crippen molar-refractivity contribution in [3.63, 3.8) is 0 Å². The van der Waals surface area contributed by atoms with E-state index in [0.717, 1.165) is 38.0 Å². The summed E-state index contributed by atoms with van der Waals surface area (Å²) in [4.78, 5) is 4.39. The molecule has 1 unspecified atom stereocenters. The molecule has 0 aliphatic rings. The SMILES string of the molecule is CC(CN)CCNCCc1ccc2c(c1)ncn2C. The van der Waals surface area contributed by atoms with E-state index >= 15 is 0 Å². The van der Waals surface area contributed by atoms with E-state index in [9.17, 15) is 0 Å². The van der Waals surface area contributed by atoms with E-state index in [1.807, 2.05) is 17.9 Å². The van der Waals surface area contributed by atoms with Crippen molar-refractivity contribution >= 4 is 11.0 Å². The molecule has 0 spiro atoms. The zero-order valence-corrected chi connectivity index (χ0v) is 11.9. The lowest BCUT2D eigenvalue weighted by atomic mass is 10.1. The number of rotatable bonds is 7. The van der Waals surface area contributed by atoms with Gasteiger partial charge in [0.25, 0.3) is 0 Å². The van der Waals surface area contributed by atoms with E-state index in [0.29, 0.717) is 5.92 Å². The lowest BCUT2D eigenvalue weighted by Crippen LogP contribution is -2.22. The molecular weight excluding hydrogens is 236 g/mol. The van der Waals surface area contributed by atoms with Crippen molar-refractivity contribution in [3.8, 4) is 0 Å². The van der Waals surface area contributed by atoms with Crippen molar-refractivity contribution in [2.24, 2.45) is 18.7 Å². The summed E-state index contributed by atoms with van der Waals surface area (Å²) in [6.07, 6.45) is 4.06. The van der Waals surface area contributed by atoms with E-state index in [1.165, 1.54) is 11.1 Å². The summed E-state index contributed by atoms with van der Waals surface area (Å²) in [5.74, 6) is 0.609. The summed E-state index contributed by atoms with van der Waals surface area (Å²) in [5.41, 5.74) is 9.20. The van der Waals surface area contributed by atoms with Crippen LogP contribution in [0.5, 0.6) is 0 Å². The molecule has 104 valence electrons. The number of fused-ring (bicyclic) bond motifs is 1. The predicted molar refractivity (Wildman–Crippen MR) is 80.1 cm³/mol. The van der Waals surface area contributed by atoms with Gasteiger partial charge in [-0.15, -0.1) is 0 Å². The number of hydrogen-bond acceptors (Lipinski definition) is 3. The predicted octanol–water partition coefficient (Wildman–Crippen LogP) is 1.69. The molecule has 0 amide bonds. The highest BCUT2D eigenvalue weighted by atomic mass is 15.0. The molecule has 0 aliphatic heterocycles. The summed E-state index contributed by atoms with van der Waals surface area (Å²) in [5, 5.41) is 3.47. The number of aromatic nitrogens is 2. The minimum Gasteiger partial charge on any atom is -0.334 e. The lowest BCUT2D eigenvalue weighted by Gasteiger charge is -2.09. The molecule has 0 aliphatic carbocycles. The van der Waals surface area contributed by atoms with Crippen LogP contribution in [0.2, 0.25) is 0 Å². The molecule has 0 saturated carbocycles. The molecule has 4 heteroatoms. The van der Waals surface area contributed by atoms with Crippen LogP contribution in [0.1, 0.15) is 18.9 Å². The average Bonchev–Trinajstić information content (AvgIpc) is 2.79. The molecule has 0 bridgehead atoms. The molecule has 0 saturated heterocycles. The Balaban J connectivity index is 1.78. The third-order valence-electron chi connectivity index (χ3n) is 3.60. The van der Waals surface area contributed by atoms with Gasteiger partial charge in [0.2, 0.25) is 0 Å². The Kier molecular flexibility index (Phi) is 4.93. The monoisotopic (exact) mass is 260 g/mol. The minimum atomic E-state index is 0.609. The lowest BCUT2D eigenvalue weighted by molar-refractivity contribution is 0.511. The highest BCUT2D eigenvalue weighted by Gasteiger charge is 2.01. The van der Waals surface area contributed by atoms with Crippen LogP contribution in [0.4, 0.5) is 0 Å². The zero-order chi connectivity index (χ0) is 13.7. The number of aryl methyl sites for hydroxylation is 1. The van der Waals surface area contributed by atoms with Gasteiger partial charge in [0.15, 0.2) is 0 Å². The normalized spacial score (nSPS) is 13.0. The van der Waals surface area contributed by atoms with Crippen molar-refractivity contribution < 1.29 is 0 Å². The molecular formula is C15H24N4. The Morgan fingerprint density at radius 3 is 3.00 bits per heavy atom. The molecule has 1 atom stereocenters. The van der Waals surface area contributed by atoms with Gasteiger partial charge in [-0.2, -0.15) is 0 Å². The van der Waals surface area contributed by atoms with Crippen molar-refractivity contribution in [3.05, 3.63) is 30.1 Å². The first-order valence-electron chi connectivity index (χ1n) is 7.01. The fourth-order valence-electron chi connectivity index (χ4n) is 2.16. The van der Waals surface area contributed by atoms with Gasteiger partial charge < -0.3 is 15.6 Å². The Labute approximate surface area is 115 Å². The topological polar surface area (TPSA) is 55.9 Å². The Hall–Kier alpha value is -1.39.